The van der Waals surface area contributed by atoms with Crippen molar-refractivity contribution in [3.05, 3.63) is 15.1 Å². The van der Waals surface area contributed by atoms with Crippen LogP contribution < -0.4 is 5.32 Å². The Morgan fingerprint density at radius 3 is 2.24 bits per heavy atom. The van der Waals surface area contributed by atoms with Gasteiger partial charge in [0.25, 0.3) is 0 Å². The van der Waals surface area contributed by atoms with Gasteiger partial charge in [-0.2, -0.15) is 0 Å². The van der Waals surface area contributed by atoms with Gasteiger partial charge in [-0.3, -0.25) is 0 Å². The third kappa shape index (κ3) is 3.88. The van der Waals surface area contributed by atoms with Crippen LogP contribution in [0.2, 0.25) is 0 Å². The fourth-order valence-corrected chi connectivity index (χ4v) is 4.16. The second kappa shape index (κ2) is 7.25. The van der Waals surface area contributed by atoms with Crippen molar-refractivity contribution in [2.45, 2.75) is 76.5 Å². The smallest absolute Gasteiger partial charge is 0.143 e. The zero-order valence-corrected chi connectivity index (χ0v) is 15.2. The van der Waals surface area contributed by atoms with Crippen LogP contribution in [0.5, 0.6) is 0 Å². The number of anilines is 1. The first kappa shape index (κ1) is 15.5. The van der Waals surface area contributed by atoms with Gasteiger partial charge in [0.2, 0.25) is 0 Å². The van der Waals surface area contributed by atoms with Crippen molar-refractivity contribution in [1.29, 1.82) is 0 Å². The molecule has 1 aromatic heterocycles. The van der Waals surface area contributed by atoms with E-state index in [-0.39, 0.29) is 0 Å². The van der Waals surface area contributed by atoms with Crippen LogP contribution in [0.1, 0.15) is 88.1 Å². The van der Waals surface area contributed by atoms with E-state index in [1.165, 1.54) is 67.1 Å². The molecule has 2 saturated carbocycles. The van der Waals surface area contributed by atoms with E-state index in [0.717, 1.165) is 18.2 Å². The van der Waals surface area contributed by atoms with Gasteiger partial charge >= 0.3 is 0 Å². The largest absolute Gasteiger partial charge is 0.369 e. The molecule has 116 valence electrons. The number of halogens is 1. The van der Waals surface area contributed by atoms with E-state index in [1.54, 1.807) is 0 Å². The van der Waals surface area contributed by atoms with E-state index >= 15 is 0 Å². The molecule has 0 radical (unpaired) electrons. The average molecular weight is 399 g/mol. The lowest BCUT2D eigenvalue weighted by Crippen LogP contribution is -2.13. The summed E-state index contributed by atoms with van der Waals surface area (Å²) in [4.78, 5) is 9.91. The lowest BCUT2D eigenvalue weighted by atomic mass is 9.90. The molecule has 1 aromatic rings. The highest BCUT2D eigenvalue weighted by molar-refractivity contribution is 14.1. The molecule has 3 rings (SSSR count). The van der Waals surface area contributed by atoms with Crippen molar-refractivity contribution in [1.82, 2.24) is 9.97 Å². The summed E-state index contributed by atoms with van der Waals surface area (Å²) in [5.41, 5.74) is 1.32. The standard InChI is InChI=1S/C17H26IN3/c1-2-19-17-14(18)15(12-10-11-12)20-16(21-17)13-8-6-4-3-5-7-9-13/h12-13H,2-11H2,1H3,(H,19,20,21). The number of nitrogens with one attached hydrogen (secondary N) is 1. The molecular weight excluding hydrogens is 373 g/mol. The summed E-state index contributed by atoms with van der Waals surface area (Å²) in [6, 6.07) is 0. The van der Waals surface area contributed by atoms with Crippen LogP contribution in [0, 0.1) is 3.57 Å². The van der Waals surface area contributed by atoms with Crippen molar-refractivity contribution in [3.63, 3.8) is 0 Å². The topological polar surface area (TPSA) is 37.8 Å². The lowest BCUT2D eigenvalue weighted by Gasteiger charge is -2.20. The first-order chi connectivity index (χ1) is 10.3. The molecule has 2 fully saturated rings. The highest BCUT2D eigenvalue weighted by Crippen LogP contribution is 2.43. The Bertz CT molecular complexity index is 477. The Labute approximate surface area is 141 Å². The van der Waals surface area contributed by atoms with Crippen LogP contribution in [-0.2, 0) is 0 Å². The second-order valence-corrected chi connectivity index (χ2v) is 7.56. The minimum absolute atomic E-state index is 0.581. The van der Waals surface area contributed by atoms with Crippen molar-refractivity contribution in [2.75, 3.05) is 11.9 Å². The fourth-order valence-electron chi connectivity index (χ4n) is 3.29. The molecule has 2 aliphatic rings. The van der Waals surface area contributed by atoms with Crippen LogP contribution >= 0.6 is 22.6 Å². The number of nitrogens with zero attached hydrogens (tertiary/aromatic N) is 2. The van der Waals surface area contributed by atoms with E-state index < -0.39 is 0 Å². The molecule has 1 N–H and O–H groups in total. The Kier molecular flexibility index (Phi) is 5.35. The van der Waals surface area contributed by atoms with Crippen LogP contribution in [0.3, 0.4) is 0 Å². The molecule has 0 bridgehead atoms. The monoisotopic (exact) mass is 399 g/mol. The van der Waals surface area contributed by atoms with Crippen molar-refractivity contribution in [2.24, 2.45) is 0 Å². The molecule has 2 aliphatic carbocycles. The molecule has 0 unspecified atom stereocenters. The summed E-state index contributed by atoms with van der Waals surface area (Å²) >= 11 is 2.43. The Morgan fingerprint density at radius 1 is 0.952 bits per heavy atom. The molecular formula is C17H26IN3. The molecule has 0 atom stereocenters. The quantitative estimate of drug-likeness (QED) is 0.706. The van der Waals surface area contributed by atoms with Crippen LogP contribution in [-0.4, -0.2) is 16.5 Å². The maximum absolute atomic E-state index is 5.01. The number of aromatic nitrogens is 2. The van der Waals surface area contributed by atoms with E-state index in [1.807, 2.05) is 0 Å². The normalized spacial score (nSPS) is 20.9. The van der Waals surface area contributed by atoms with Gasteiger partial charge in [0.05, 0.1) is 9.26 Å². The molecule has 0 saturated heterocycles. The first-order valence-electron chi connectivity index (χ1n) is 8.60. The molecule has 4 heteroatoms. The SMILES string of the molecule is CCNc1nc(C2CCCCCCC2)nc(C2CC2)c1I. The molecule has 0 aliphatic heterocycles. The van der Waals surface area contributed by atoms with Crippen LogP contribution in [0.4, 0.5) is 5.82 Å². The van der Waals surface area contributed by atoms with Gasteiger partial charge in [-0.1, -0.05) is 32.1 Å². The van der Waals surface area contributed by atoms with Gasteiger partial charge in [0.1, 0.15) is 11.6 Å². The predicted molar refractivity (Wildman–Crippen MR) is 95.9 cm³/mol. The average Bonchev–Trinajstić information content (AvgIpc) is 3.26. The zero-order valence-electron chi connectivity index (χ0n) is 13.0. The lowest BCUT2D eigenvalue weighted by molar-refractivity contribution is 0.441. The van der Waals surface area contributed by atoms with E-state index in [4.69, 9.17) is 9.97 Å². The molecule has 0 aromatic carbocycles. The summed E-state index contributed by atoms with van der Waals surface area (Å²) in [7, 11) is 0. The van der Waals surface area contributed by atoms with Crippen molar-refractivity contribution < 1.29 is 0 Å². The third-order valence-electron chi connectivity index (χ3n) is 4.67. The fraction of sp³-hybridized carbons (Fsp3) is 0.765. The van der Waals surface area contributed by atoms with Gasteiger partial charge in [0, 0.05) is 18.4 Å². The van der Waals surface area contributed by atoms with E-state index in [0.29, 0.717) is 11.8 Å². The zero-order chi connectivity index (χ0) is 14.7. The Balaban J connectivity index is 1.88. The summed E-state index contributed by atoms with van der Waals surface area (Å²) in [5, 5.41) is 3.45. The Hall–Kier alpha value is -0.390. The maximum Gasteiger partial charge on any atom is 0.143 e. The van der Waals surface area contributed by atoms with E-state index in [2.05, 4.69) is 34.8 Å². The summed E-state index contributed by atoms with van der Waals surface area (Å²) < 4.78 is 1.26. The number of hydrogen-bond acceptors (Lipinski definition) is 3. The van der Waals surface area contributed by atoms with Gasteiger partial charge in [-0.25, -0.2) is 9.97 Å². The molecule has 1 heterocycles. The van der Waals surface area contributed by atoms with Gasteiger partial charge < -0.3 is 5.32 Å². The summed E-state index contributed by atoms with van der Waals surface area (Å²) in [6.07, 6.45) is 12.0. The Morgan fingerprint density at radius 2 is 1.62 bits per heavy atom. The second-order valence-electron chi connectivity index (χ2n) is 6.48. The van der Waals surface area contributed by atoms with Gasteiger partial charge in [-0.05, 0) is 55.2 Å². The summed E-state index contributed by atoms with van der Waals surface area (Å²) in [6.45, 7) is 3.08. The molecule has 0 amide bonds. The van der Waals surface area contributed by atoms with Gasteiger partial charge in [0.15, 0.2) is 0 Å². The van der Waals surface area contributed by atoms with E-state index in [9.17, 15) is 0 Å². The first-order valence-corrected chi connectivity index (χ1v) is 9.68. The highest BCUT2D eigenvalue weighted by Gasteiger charge is 2.30. The molecule has 3 nitrogen and oxygen atoms in total. The minimum atomic E-state index is 0.581. The number of rotatable bonds is 4. The van der Waals surface area contributed by atoms with Crippen molar-refractivity contribution >= 4 is 28.4 Å². The van der Waals surface area contributed by atoms with Crippen molar-refractivity contribution in [3.8, 4) is 0 Å². The van der Waals surface area contributed by atoms with Crippen LogP contribution in [0.15, 0.2) is 0 Å². The van der Waals surface area contributed by atoms with Crippen LogP contribution in [0.25, 0.3) is 0 Å². The molecule has 0 spiro atoms. The molecule has 21 heavy (non-hydrogen) atoms. The minimum Gasteiger partial charge on any atom is -0.369 e. The van der Waals surface area contributed by atoms with Gasteiger partial charge in [-0.15, -0.1) is 0 Å². The maximum atomic E-state index is 5.01. The highest BCUT2D eigenvalue weighted by atomic mass is 127. The third-order valence-corrected chi connectivity index (χ3v) is 5.74. The number of hydrogen-bond donors (Lipinski definition) is 1. The summed E-state index contributed by atoms with van der Waals surface area (Å²) in [5.74, 6) is 3.48. The predicted octanol–water partition coefficient (Wildman–Crippen LogP) is 5.22.